The summed E-state index contributed by atoms with van der Waals surface area (Å²) in [6.07, 6.45) is -1.81. The molecule has 2 rings (SSSR count). The third-order valence-corrected chi connectivity index (χ3v) is 2.87. The second-order valence-corrected chi connectivity index (χ2v) is 3.90. The summed E-state index contributed by atoms with van der Waals surface area (Å²) in [5.74, 6) is -1.26. The number of halogens is 1. The van der Waals surface area contributed by atoms with Crippen molar-refractivity contribution in [3.63, 3.8) is 0 Å². The fourth-order valence-corrected chi connectivity index (χ4v) is 1.89. The normalized spacial score (nSPS) is 14.9. The number of aliphatic hydroxyl groups is 1. The quantitative estimate of drug-likeness (QED) is 0.752. The largest absolute Gasteiger partial charge is 0.506 e. The molecule has 1 heterocycles. The molecular weight excluding hydrogens is 284 g/mol. The van der Waals surface area contributed by atoms with E-state index in [9.17, 15) is 15.0 Å². The van der Waals surface area contributed by atoms with Crippen molar-refractivity contribution in [3.05, 3.63) is 16.1 Å². The summed E-state index contributed by atoms with van der Waals surface area (Å²) >= 11 is 3.04. The lowest BCUT2D eigenvalue weighted by Crippen LogP contribution is -2.10. The highest BCUT2D eigenvalue weighted by atomic mass is 79.9. The molecular formula is C9H7BrO6. The van der Waals surface area contributed by atoms with Gasteiger partial charge in [0.1, 0.15) is 10.2 Å². The molecule has 0 saturated heterocycles. The van der Waals surface area contributed by atoms with Crippen molar-refractivity contribution >= 4 is 21.9 Å². The Labute approximate surface area is 98.2 Å². The lowest BCUT2D eigenvalue weighted by atomic mass is 10.1. The van der Waals surface area contributed by atoms with Gasteiger partial charge in [-0.15, -0.1) is 0 Å². The molecule has 1 unspecified atom stereocenters. The van der Waals surface area contributed by atoms with Crippen LogP contribution in [0.2, 0.25) is 0 Å². The van der Waals surface area contributed by atoms with Crippen LogP contribution in [-0.4, -0.2) is 28.1 Å². The van der Waals surface area contributed by atoms with Gasteiger partial charge in [0.05, 0.1) is 0 Å². The van der Waals surface area contributed by atoms with Gasteiger partial charge in [-0.1, -0.05) is 0 Å². The number of ether oxygens (including phenoxy) is 2. The van der Waals surface area contributed by atoms with Crippen LogP contribution in [0.25, 0.3) is 0 Å². The Kier molecular flexibility index (Phi) is 2.64. The molecule has 0 bridgehead atoms. The monoisotopic (exact) mass is 290 g/mol. The molecule has 1 aromatic rings. The molecule has 3 N–H and O–H groups in total. The van der Waals surface area contributed by atoms with E-state index in [4.69, 9.17) is 14.6 Å². The number of aromatic hydroxyl groups is 1. The SMILES string of the molecule is O=C(O)C(O)c1cc2c(c(Br)c1O)OCO2. The Hall–Kier alpha value is -1.47. The van der Waals surface area contributed by atoms with Gasteiger partial charge < -0.3 is 24.8 Å². The topological polar surface area (TPSA) is 96.2 Å². The van der Waals surface area contributed by atoms with Crippen molar-refractivity contribution < 1.29 is 29.6 Å². The molecule has 86 valence electrons. The Morgan fingerprint density at radius 1 is 1.50 bits per heavy atom. The van der Waals surface area contributed by atoms with Gasteiger partial charge in [-0.05, 0) is 22.0 Å². The van der Waals surface area contributed by atoms with Gasteiger partial charge in [0, 0.05) is 5.56 Å². The number of phenolic OH excluding ortho intramolecular Hbond substituents is 1. The second kappa shape index (κ2) is 3.84. The van der Waals surface area contributed by atoms with Crippen molar-refractivity contribution in [2.24, 2.45) is 0 Å². The molecule has 1 aliphatic rings. The number of benzene rings is 1. The van der Waals surface area contributed by atoms with Crippen LogP contribution < -0.4 is 9.47 Å². The van der Waals surface area contributed by atoms with Crippen molar-refractivity contribution in [1.29, 1.82) is 0 Å². The number of phenols is 1. The zero-order valence-corrected chi connectivity index (χ0v) is 9.39. The summed E-state index contributed by atoms with van der Waals surface area (Å²) in [4.78, 5) is 10.6. The van der Waals surface area contributed by atoms with E-state index >= 15 is 0 Å². The van der Waals surface area contributed by atoms with Gasteiger partial charge in [0.25, 0.3) is 0 Å². The van der Waals surface area contributed by atoms with Crippen LogP contribution in [-0.2, 0) is 4.79 Å². The first-order valence-electron chi connectivity index (χ1n) is 4.24. The summed E-state index contributed by atoms with van der Waals surface area (Å²) in [6.45, 7) is -0.0139. The van der Waals surface area contributed by atoms with Crippen molar-refractivity contribution in [2.45, 2.75) is 6.10 Å². The van der Waals surface area contributed by atoms with Gasteiger partial charge in [-0.25, -0.2) is 4.79 Å². The van der Waals surface area contributed by atoms with E-state index in [2.05, 4.69) is 15.9 Å². The van der Waals surface area contributed by atoms with E-state index in [1.165, 1.54) is 6.07 Å². The molecule has 0 amide bonds. The summed E-state index contributed by atoms with van der Waals surface area (Å²) in [7, 11) is 0. The molecule has 0 saturated carbocycles. The van der Waals surface area contributed by atoms with E-state index in [-0.39, 0.29) is 28.3 Å². The first-order valence-corrected chi connectivity index (χ1v) is 5.03. The predicted octanol–water partition coefficient (Wildman–Crippen LogP) is 1.00. The number of carboxylic acids is 1. The van der Waals surface area contributed by atoms with Crippen LogP contribution in [0.5, 0.6) is 17.2 Å². The molecule has 7 heteroatoms. The van der Waals surface area contributed by atoms with E-state index in [0.29, 0.717) is 5.75 Å². The standard InChI is InChI=1S/C9H7BrO6/c10-5-6(11)3(7(12)9(13)14)1-4-8(5)16-2-15-4/h1,7,11-12H,2H2,(H,13,14). The minimum Gasteiger partial charge on any atom is -0.506 e. The highest BCUT2D eigenvalue weighted by molar-refractivity contribution is 9.10. The number of carboxylic acid groups (broad SMARTS) is 1. The Morgan fingerprint density at radius 2 is 2.19 bits per heavy atom. The molecule has 1 aromatic carbocycles. The zero-order chi connectivity index (χ0) is 11.9. The summed E-state index contributed by atoms with van der Waals surface area (Å²) in [6, 6.07) is 1.24. The van der Waals surface area contributed by atoms with Crippen LogP contribution in [0.1, 0.15) is 11.7 Å². The van der Waals surface area contributed by atoms with Crippen LogP contribution in [0.3, 0.4) is 0 Å². The van der Waals surface area contributed by atoms with Gasteiger partial charge in [0.2, 0.25) is 6.79 Å². The highest BCUT2D eigenvalue weighted by Gasteiger charge is 2.28. The van der Waals surface area contributed by atoms with Crippen molar-refractivity contribution in [1.82, 2.24) is 0 Å². The number of rotatable bonds is 2. The number of fused-ring (bicyclic) bond motifs is 1. The van der Waals surface area contributed by atoms with Gasteiger partial charge in [-0.3, -0.25) is 0 Å². The molecule has 0 spiro atoms. The Bertz CT molecular complexity index is 458. The number of hydrogen-bond donors (Lipinski definition) is 3. The Balaban J connectivity index is 2.56. The molecule has 1 atom stereocenters. The van der Waals surface area contributed by atoms with Crippen molar-refractivity contribution in [3.8, 4) is 17.2 Å². The number of aliphatic hydroxyl groups excluding tert-OH is 1. The number of carbonyl (C=O) groups is 1. The molecule has 0 radical (unpaired) electrons. The van der Waals surface area contributed by atoms with E-state index in [1.54, 1.807) is 0 Å². The van der Waals surface area contributed by atoms with Crippen LogP contribution in [0, 0.1) is 0 Å². The van der Waals surface area contributed by atoms with Crippen LogP contribution in [0.4, 0.5) is 0 Å². The van der Waals surface area contributed by atoms with Crippen LogP contribution >= 0.6 is 15.9 Å². The average molecular weight is 291 g/mol. The number of aliphatic carboxylic acids is 1. The third kappa shape index (κ3) is 1.57. The average Bonchev–Trinajstić information content (AvgIpc) is 2.70. The maximum atomic E-state index is 10.6. The maximum Gasteiger partial charge on any atom is 0.337 e. The lowest BCUT2D eigenvalue weighted by Gasteiger charge is -2.11. The molecule has 16 heavy (non-hydrogen) atoms. The fraction of sp³-hybridized carbons (Fsp3) is 0.222. The minimum atomic E-state index is -1.81. The molecule has 0 aromatic heterocycles. The summed E-state index contributed by atoms with van der Waals surface area (Å²) in [5, 5.41) is 27.7. The smallest absolute Gasteiger partial charge is 0.337 e. The zero-order valence-electron chi connectivity index (χ0n) is 7.81. The van der Waals surface area contributed by atoms with Gasteiger partial charge >= 0.3 is 5.97 Å². The number of hydrogen-bond acceptors (Lipinski definition) is 5. The Morgan fingerprint density at radius 3 is 2.81 bits per heavy atom. The highest BCUT2D eigenvalue weighted by Crippen LogP contribution is 2.47. The minimum absolute atomic E-state index is 0.0139. The molecule has 6 nitrogen and oxygen atoms in total. The maximum absolute atomic E-state index is 10.6. The lowest BCUT2D eigenvalue weighted by molar-refractivity contribution is -0.147. The molecule has 0 fully saturated rings. The predicted molar refractivity (Wildman–Crippen MR) is 54.5 cm³/mol. The molecule has 0 aliphatic carbocycles. The summed E-state index contributed by atoms with van der Waals surface area (Å²) < 4.78 is 10.2. The first-order chi connectivity index (χ1) is 7.52. The first kappa shape index (κ1) is 11.0. The van der Waals surface area contributed by atoms with Gasteiger partial charge in [-0.2, -0.15) is 0 Å². The second-order valence-electron chi connectivity index (χ2n) is 3.10. The summed E-state index contributed by atoms with van der Waals surface area (Å²) in [5.41, 5.74) is -0.149. The van der Waals surface area contributed by atoms with E-state index in [0.717, 1.165) is 0 Å². The third-order valence-electron chi connectivity index (χ3n) is 2.14. The van der Waals surface area contributed by atoms with E-state index in [1.807, 2.05) is 0 Å². The molecule has 1 aliphatic heterocycles. The van der Waals surface area contributed by atoms with Gasteiger partial charge in [0.15, 0.2) is 17.6 Å². The van der Waals surface area contributed by atoms with Crippen molar-refractivity contribution in [2.75, 3.05) is 6.79 Å². The van der Waals surface area contributed by atoms with E-state index < -0.39 is 12.1 Å². The van der Waals surface area contributed by atoms with Crippen LogP contribution in [0.15, 0.2) is 10.5 Å². The fourth-order valence-electron chi connectivity index (χ4n) is 1.35.